The Morgan fingerprint density at radius 1 is 1.08 bits per heavy atom. The van der Waals surface area contributed by atoms with Gasteiger partial charge < -0.3 is 14.8 Å². The minimum Gasteiger partial charge on any atom is -0.485 e. The fraction of sp³-hybridized carbons (Fsp3) is 0.350. The lowest BCUT2D eigenvalue weighted by Crippen LogP contribution is -2.44. The van der Waals surface area contributed by atoms with Gasteiger partial charge in [-0.05, 0) is 62.1 Å². The van der Waals surface area contributed by atoms with E-state index < -0.39 is 6.10 Å². The molecule has 0 aliphatic carbocycles. The van der Waals surface area contributed by atoms with E-state index >= 15 is 0 Å². The van der Waals surface area contributed by atoms with E-state index in [1.54, 1.807) is 0 Å². The number of aryl methyl sites for hydroxylation is 3. The van der Waals surface area contributed by atoms with Crippen LogP contribution in [0.2, 0.25) is 0 Å². The molecule has 0 radical (unpaired) electrons. The molecule has 1 aliphatic heterocycles. The lowest BCUT2D eigenvalue weighted by molar-refractivity contribution is -0.131. The van der Waals surface area contributed by atoms with Crippen LogP contribution in [0.15, 0.2) is 36.4 Å². The van der Waals surface area contributed by atoms with Gasteiger partial charge >= 0.3 is 0 Å². The fourth-order valence-electron chi connectivity index (χ4n) is 2.98. The van der Waals surface area contributed by atoms with Crippen LogP contribution >= 0.6 is 0 Å². The molecule has 1 N–H and O–H groups in total. The van der Waals surface area contributed by atoms with Gasteiger partial charge in [0.2, 0.25) is 6.10 Å². The van der Waals surface area contributed by atoms with E-state index in [2.05, 4.69) is 38.2 Å². The summed E-state index contributed by atoms with van der Waals surface area (Å²) < 4.78 is 11.4. The second-order valence-electron chi connectivity index (χ2n) is 6.39. The smallest absolute Gasteiger partial charge is 0.265 e. The Hall–Kier alpha value is -2.49. The van der Waals surface area contributed by atoms with Crippen molar-refractivity contribution in [3.8, 4) is 11.5 Å². The summed E-state index contributed by atoms with van der Waals surface area (Å²) in [5, 5.41) is 3.04. The highest BCUT2D eigenvalue weighted by atomic mass is 16.6. The summed E-state index contributed by atoms with van der Waals surface area (Å²) in [6, 6.07) is 11.6. The molecule has 1 amide bonds. The van der Waals surface area contributed by atoms with Gasteiger partial charge in [-0.3, -0.25) is 4.79 Å². The molecule has 0 spiro atoms. The molecule has 2 atom stereocenters. The van der Waals surface area contributed by atoms with Gasteiger partial charge in [-0.25, -0.2) is 0 Å². The molecule has 24 heavy (non-hydrogen) atoms. The van der Waals surface area contributed by atoms with Gasteiger partial charge in [-0.1, -0.05) is 24.3 Å². The van der Waals surface area contributed by atoms with Crippen LogP contribution in [0.1, 0.15) is 35.2 Å². The minimum absolute atomic E-state index is 0.0856. The van der Waals surface area contributed by atoms with E-state index in [9.17, 15) is 4.79 Å². The van der Waals surface area contributed by atoms with Crippen molar-refractivity contribution in [2.75, 3.05) is 6.61 Å². The summed E-state index contributed by atoms with van der Waals surface area (Å²) in [4.78, 5) is 12.5. The van der Waals surface area contributed by atoms with Crippen molar-refractivity contribution < 1.29 is 14.3 Å². The van der Waals surface area contributed by atoms with Crippen LogP contribution in [0, 0.1) is 20.8 Å². The summed E-state index contributed by atoms with van der Waals surface area (Å²) in [6.07, 6.45) is -0.630. The maximum atomic E-state index is 12.5. The fourth-order valence-corrected chi connectivity index (χ4v) is 2.98. The average Bonchev–Trinajstić information content (AvgIpc) is 2.57. The summed E-state index contributed by atoms with van der Waals surface area (Å²) >= 11 is 0. The summed E-state index contributed by atoms with van der Waals surface area (Å²) in [5.74, 6) is 1.13. The predicted octanol–water partition coefficient (Wildman–Crippen LogP) is 3.63. The molecule has 0 saturated heterocycles. The summed E-state index contributed by atoms with van der Waals surface area (Å²) in [7, 11) is 0. The second kappa shape index (κ2) is 6.56. The number of hydrogen-bond donors (Lipinski definition) is 1. The van der Waals surface area contributed by atoms with E-state index in [-0.39, 0.29) is 18.6 Å². The number of hydrogen-bond acceptors (Lipinski definition) is 3. The van der Waals surface area contributed by atoms with Crippen molar-refractivity contribution in [3.63, 3.8) is 0 Å². The van der Waals surface area contributed by atoms with Gasteiger partial charge in [0, 0.05) is 0 Å². The van der Waals surface area contributed by atoms with Gasteiger partial charge in [0.05, 0.1) is 6.04 Å². The predicted molar refractivity (Wildman–Crippen MR) is 93.6 cm³/mol. The molecule has 0 aromatic heterocycles. The number of amides is 1. The third-order valence-corrected chi connectivity index (χ3v) is 4.51. The Morgan fingerprint density at radius 2 is 1.75 bits per heavy atom. The number of para-hydroxylation sites is 2. The van der Waals surface area contributed by atoms with Crippen LogP contribution in [0.4, 0.5) is 0 Å². The Balaban J connectivity index is 1.70. The number of benzene rings is 2. The number of carbonyl (C=O) groups is 1. The van der Waals surface area contributed by atoms with Crippen molar-refractivity contribution >= 4 is 5.91 Å². The van der Waals surface area contributed by atoms with Crippen molar-refractivity contribution in [2.45, 2.75) is 39.8 Å². The SMILES string of the molecule is Cc1cc(C)c([C@@H](C)NC(=O)[C@H]2COc3ccccc3O2)cc1C. The van der Waals surface area contributed by atoms with Crippen LogP contribution in [-0.2, 0) is 4.79 Å². The quantitative estimate of drug-likeness (QED) is 0.937. The zero-order chi connectivity index (χ0) is 17.3. The summed E-state index contributed by atoms with van der Waals surface area (Å²) in [6.45, 7) is 8.47. The number of fused-ring (bicyclic) bond motifs is 1. The third kappa shape index (κ3) is 3.23. The van der Waals surface area contributed by atoms with Gasteiger partial charge in [-0.15, -0.1) is 0 Å². The lowest BCUT2D eigenvalue weighted by Gasteiger charge is -2.27. The molecule has 4 nitrogen and oxygen atoms in total. The van der Waals surface area contributed by atoms with Gasteiger partial charge in [-0.2, -0.15) is 0 Å². The molecule has 0 bridgehead atoms. The minimum atomic E-state index is -0.630. The highest BCUT2D eigenvalue weighted by Crippen LogP contribution is 2.31. The molecule has 2 aromatic rings. The van der Waals surface area contributed by atoms with Gasteiger partial charge in [0.25, 0.3) is 5.91 Å². The zero-order valence-electron chi connectivity index (χ0n) is 14.6. The Bertz CT molecular complexity index is 769. The average molecular weight is 325 g/mol. The number of carbonyl (C=O) groups excluding carboxylic acids is 1. The van der Waals surface area contributed by atoms with Crippen molar-refractivity contribution in [2.24, 2.45) is 0 Å². The molecule has 126 valence electrons. The molecule has 0 saturated carbocycles. The van der Waals surface area contributed by atoms with Gasteiger partial charge in [0.1, 0.15) is 6.61 Å². The largest absolute Gasteiger partial charge is 0.485 e. The highest BCUT2D eigenvalue weighted by Gasteiger charge is 2.28. The van der Waals surface area contributed by atoms with Gasteiger partial charge in [0.15, 0.2) is 11.5 Å². The van der Waals surface area contributed by atoms with Crippen LogP contribution in [-0.4, -0.2) is 18.6 Å². The molecule has 0 unspecified atom stereocenters. The normalized spacial score (nSPS) is 17.2. The molecule has 0 fully saturated rings. The highest BCUT2D eigenvalue weighted by molar-refractivity contribution is 5.82. The van der Waals surface area contributed by atoms with Crippen LogP contribution in [0.3, 0.4) is 0 Å². The topological polar surface area (TPSA) is 47.6 Å². The maximum Gasteiger partial charge on any atom is 0.265 e. The zero-order valence-corrected chi connectivity index (χ0v) is 14.6. The van der Waals surface area contributed by atoms with E-state index in [0.717, 1.165) is 5.56 Å². The van der Waals surface area contributed by atoms with E-state index in [0.29, 0.717) is 11.5 Å². The Labute approximate surface area is 142 Å². The number of nitrogens with one attached hydrogen (secondary N) is 1. The molecule has 3 rings (SSSR count). The first-order chi connectivity index (χ1) is 11.5. The molecular formula is C20H23NO3. The third-order valence-electron chi connectivity index (χ3n) is 4.51. The lowest BCUT2D eigenvalue weighted by atomic mass is 9.96. The number of rotatable bonds is 3. The standard InChI is InChI=1S/C20H23NO3/c1-12-9-14(3)16(10-13(12)2)15(4)21-20(22)19-11-23-17-7-5-6-8-18(17)24-19/h5-10,15,19H,11H2,1-4H3,(H,21,22)/t15-,19-/m1/s1. The first-order valence-corrected chi connectivity index (χ1v) is 8.22. The van der Waals surface area contributed by atoms with Crippen molar-refractivity contribution in [1.82, 2.24) is 5.32 Å². The maximum absolute atomic E-state index is 12.5. The first-order valence-electron chi connectivity index (χ1n) is 8.22. The van der Waals surface area contributed by atoms with Crippen LogP contribution in [0.5, 0.6) is 11.5 Å². The van der Waals surface area contributed by atoms with Crippen molar-refractivity contribution in [1.29, 1.82) is 0 Å². The molecule has 2 aromatic carbocycles. The number of ether oxygens (including phenoxy) is 2. The Kier molecular flexibility index (Phi) is 4.47. The second-order valence-corrected chi connectivity index (χ2v) is 6.39. The Morgan fingerprint density at radius 3 is 2.50 bits per heavy atom. The molecule has 4 heteroatoms. The van der Waals surface area contributed by atoms with E-state index in [1.807, 2.05) is 31.2 Å². The first kappa shape index (κ1) is 16.4. The molecular weight excluding hydrogens is 302 g/mol. The summed E-state index contributed by atoms with van der Waals surface area (Å²) in [5.41, 5.74) is 4.79. The van der Waals surface area contributed by atoms with Crippen LogP contribution in [0.25, 0.3) is 0 Å². The van der Waals surface area contributed by atoms with E-state index in [4.69, 9.17) is 9.47 Å². The molecule has 1 aliphatic rings. The van der Waals surface area contributed by atoms with Crippen LogP contribution < -0.4 is 14.8 Å². The van der Waals surface area contributed by atoms with Crippen molar-refractivity contribution in [3.05, 3.63) is 58.7 Å². The monoisotopic (exact) mass is 325 g/mol. The van der Waals surface area contributed by atoms with E-state index in [1.165, 1.54) is 16.7 Å². The molecule has 1 heterocycles.